The Morgan fingerprint density at radius 3 is 2.93 bits per heavy atom. The first kappa shape index (κ1) is 11.1. The Bertz CT molecular complexity index is 264. The van der Waals surface area contributed by atoms with Gasteiger partial charge in [-0.05, 0) is 31.6 Å². The van der Waals surface area contributed by atoms with Gasteiger partial charge < -0.3 is 10.6 Å². The maximum atomic E-state index is 11.6. The smallest absolute Gasteiger partial charge is 0.298 e. The Balaban J connectivity index is 2.65. The number of nitrogens with zero attached hydrogens (tertiary/aromatic N) is 1. The van der Waals surface area contributed by atoms with Gasteiger partial charge in [0.25, 0.3) is 5.91 Å². The van der Waals surface area contributed by atoms with E-state index in [0.29, 0.717) is 12.5 Å². The minimum absolute atomic E-state index is 0.0742. The fourth-order valence-electron chi connectivity index (χ4n) is 1.92. The summed E-state index contributed by atoms with van der Waals surface area (Å²) in [5.41, 5.74) is 5.65. The van der Waals surface area contributed by atoms with Gasteiger partial charge in [-0.15, -0.1) is 0 Å². The molecule has 14 heavy (non-hydrogen) atoms. The third-order valence-electron chi connectivity index (χ3n) is 2.74. The van der Waals surface area contributed by atoms with E-state index in [-0.39, 0.29) is 11.9 Å². The van der Waals surface area contributed by atoms with E-state index in [4.69, 9.17) is 5.73 Å². The third-order valence-corrected chi connectivity index (χ3v) is 2.74. The van der Waals surface area contributed by atoms with Gasteiger partial charge in [-0.3, -0.25) is 4.79 Å². The van der Waals surface area contributed by atoms with E-state index in [2.05, 4.69) is 18.8 Å². The van der Waals surface area contributed by atoms with E-state index >= 15 is 0 Å². The molecule has 1 fully saturated rings. The van der Waals surface area contributed by atoms with E-state index in [0.717, 1.165) is 19.4 Å². The Morgan fingerprint density at radius 1 is 1.64 bits per heavy atom. The predicted octanol–water partition coefficient (Wildman–Crippen LogP) is 0.596. The normalized spacial score (nSPS) is 26.6. The van der Waals surface area contributed by atoms with Crippen molar-refractivity contribution in [2.45, 2.75) is 32.7 Å². The molecule has 78 valence electrons. The number of carbonyl (C=O) groups is 1. The van der Waals surface area contributed by atoms with Gasteiger partial charge in [0.2, 0.25) is 0 Å². The van der Waals surface area contributed by atoms with E-state index in [1.807, 2.05) is 4.90 Å². The van der Waals surface area contributed by atoms with Crippen molar-refractivity contribution in [2.75, 3.05) is 13.1 Å². The fraction of sp³-hybridized carbons (Fsp3) is 0.727. The molecule has 0 aromatic rings. The van der Waals surface area contributed by atoms with Crippen LogP contribution in [0.3, 0.4) is 0 Å². The highest BCUT2D eigenvalue weighted by molar-refractivity contribution is 5.93. The quantitative estimate of drug-likeness (QED) is 0.621. The van der Waals surface area contributed by atoms with Gasteiger partial charge in [-0.2, -0.15) is 0 Å². The van der Waals surface area contributed by atoms with Gasteiger partial charge in [0.05, 0.1) is 0 Å². The maximum Gasteiger partial charge on any atom is 0.298 e. The molecule has 2 unspecified atom stereocenters. The first-order chi connectivity index (χ1) is 6.69. The lowest BCUT2D eigenvalue weighted by Crippen LogP contribution is -2.48. The van der Waals surface area contributed by atoms with Crippen molar-refractivity contribution in [3.63, 3.8) is 0 Å². The van der Waals surface area contributed by atoms with Gasteiger partial charge in [0.15, 0.2) is 0 Å². The van der Waals surface area contributed by atoms with E-state index in [1.165, 1.54) is 0 Å². The summed E-state index contributed by atoms with van der Waals surface area (Å²) in [6.07, 6.45) is 2.07. The average Bonchev–Trinajstić information content (AvgIpc) is 2.17. The number of likely N-dealkylation sites (tertiary alicyclic amines) is 1. The molecule has 1 aliphatic rings. The van der Waals surface area contributed by atoms with Gasteiger partial charge in [0, 0.05) is 19.1 Å². The zero-order chi connectivity index (χ0) is 10.6. The third kappa shape index (κ3) is 2.49. The van der Waals surface area contributed by atoms with Crippen molar-refractivity contribution < 1.29 is 4.79 Å². The first-order valence-electron chi connectivity index (χ1n) is 5.12. The van der Waals surface area contributed by atoms with Crippen LogP contribution in [0.5, 0.6) is 0 Å². The molecule has 1 amide bonds. The van der Waals surface area contributed by atoms with E-state index < -0.39 is 0 Å². The molecule has 0 radical (unpaired) electrons. The van der Waals surface area contributed by atoms with Crippen molar-refractivity contribution in [3.05, 3.63) is 0 Å². The van der Waals surface area contributed by atoms with Crippen LogP contribution in [0.15, 0.2) is 0 Å². The molecule has 1 rings (SSSR count). The van der Waals surface area contributed by atoms with Crippen LogP contribution in [-0.2, 0) is 4.79 Å². The second-order valence-electron chi connectivity index (χ2n) is 3.89. The number of carbonyl (C=O) groups excluding carboxylic acids is 1. The van der Waals surface area contributed by atoms with Crippen LogP contribution >= 0.6 is 0 Å². The molecule has 3 nitrogen and oxygen atoms in total. The monoisotopic (exact) mass is 194 g/mol. The van der Waals surface area contributed by atoms with Gasteiger partial charge in [-0.25, -0.2) is 0 Å². The van der Waals surface area contributed by atoms with E-state index in [9.17, 15) is 4.79 Å². The van der Waals surface area contributed by atoms with Crippen LogP contribution < -0.4 is 5.73 Å². The van der Waals surface area contributed by atoms with Crippen LogP contribution in [0.1, 0.15) is 26.7 Å². The predicted molar refractivity (Wildman–Crippen MR) is 56.4 cm³/mol. The molecule has 0 bridgehead atoms. The summed E-state index contributed by atoms with van der Waals surface area (Å²) in [6, 6.07) is 0.187. The standard InChI is InChI=1S/C11H18N2O/c1-3-4-11(14)13-6-5-9(2)7-10(13)8-12/h9-10H,5-8,12H2,1-2H3. The highest BCUT2D eigenvalue weighted by atomic mass is 16.2. The number of nitrogens with two attached hydrogens (primary N) is 1. The highest BCUT2D eigenvalue weighted by Crippen LogP contribution is 2.21. The maximum absolute atomic E-state index is 11.6. The van der Waals surface area contributed by atoms with Crippen LogP contribution in [-0.4, -0.2) is 29.9 Å². The van der Waals surface area contributed by atoms with Crippen LogP contribution in [0.4, 0.5) is 0 Å². The molecule has 2 N–H and O–H groups in total. The Kier molecular flexibility index (Phi) is 3.97. The molecular weight excluding hydrogens is 176 g/mol. The van der Waals surface area contributed by atoms with Crippen molar-refractivity contribution in [1.29, 1.82) is 0 Å². The number of amides is 1. The molecule has 0 spiro atoms. The highest BCUT2D eigenvalue weighted by Gasteiger charge is 2.27. The van der Waals surface area contributed by atoms with Crippen molar-refractivity contribution >= 4 is 5.91 Å². The zero-order valence-electron chi connectivity index (χ0n) is 8.92. The molecule has 0 saturated carbocycles. The summed E-state index contributed by atoms with van der Waals surface area (Å²) in [7, 11) is 0. The SMILES string of the molecule is CC#CC(=O)N1CCC(C)CC1CN. The Labute approximate surface area is 85.6 Å². The second kappa shape index (κ2) is 5.02. The lowest BCUT2D eigenvalue weighted by Gasteiger charge is -2.36. The van der Waals surface area contributed by atoms with Crippen molar-refractivity contribution in [2.24, 2.45) is 11.7 Å². The van der Waals surface area contributed by atoms with Gasteiger partial charge in [-0.1, -0.05) is 12.8 Å². The molecule has 1 saturated heterocycles. The lowest BCUT2D eigenvalue weighted by molar-refractivity contribution is -0.129. The summed E-state index contributed by atoms with van der Waals surface area (Å²) in [5, 5.41) is 0. The Hall–Kier alpha value is -1.01. The summed E-state index contributed by atoms with van der Waals surface area (Å²) < 4.78 is 0. The van der Waals surface area contributed by atoms with Crippen LogP contribution in [0.25, 0.3) is 0 Å². The largest absolute Gasteiger partial charge is 0.328 e. The minimum atomic E-state index is -0.0742. The Morgan fingerprint density at radius 2 is 2.36 bits per heavy atom. The zero-order valence-corrected chi connectivity index (χ0v) is 8.92. The van der Waals surface area contributed by atoms with Crippen molar-refractivity contribution in [3.8, 4) is 11.8 Å². The summed E-state index contributed by atoms with van der Waals surface area (Å²) in [4.78, 5) is 13.4. The number of hydrogen-bond donors (Lipinski definition) is 1. The molecule has 0 aromatic heterocycles. The molecule has 1 aliphatic heterocycles. The van der Waals surface area contributed by atoms with Crippen LogP contribution in [0, 0.1) is 17.8 Å². The topological polar surface area (TPSA) is 46.3 Å². The van der Waals surface area contributed by atoms with Crippen molar-refractivity contribution in [1.82, 2.24) is 4.90 Å². The molecule has 0 aromatic carbocycles. The molecular formula is C11H18N2O. The molecule has 3 heteroatoms. The van der Waals surface area contributed by atoms with Gasteiger partial charge in [0.1, 0.15) is 0 Å². The number of piperidine rings is 1. The molecule has 2 atom stereocenters. The first-order valence-corrected chi connectivity index (χ1v) is 5.12. The van der Waals surface area contributed by atoms with E-state index in [1.54, 1.807) is 6.92 Å². The summed E-state index contributed by atoms with van der Waals surface area (Å²) in [6.45, 7) is 5.23. The second-order valence-corrected chi connectivity index (χ2v) is 3.89. The van der Waals surface area contributed by atoms with Gasteiger partial charge >= 0.3 is 0 Å². The number of rotatable bonds is 1. The number of hydrogen-bond acceptors (Lipinski definition) is 2. The minimum Gasteiger partial charge on any atom is -0.328 e. The average molecular weight is 194 g/mol. The molecule has 1 heterocycles. The van der Waals surface area contributed by atoms with Crippen LogP contribution in [0.2, 0.25) is 0 Å². The summed E-state index contributed by atoms with van der Waals surface area (Å²) in [5.74, 6) is 5.81. The fourth-order valence-corrected chi connectivity index (χ4v) is 1.92. The lowest BCUT2D eigenvalue weighted by atomic mass is 9.92. The molecule has 0 aliphatic carbocycles. The summed E-state index contributed by atoms with van der Waals surface area (Å²) >= 11 is 0.